The molecule has 0 spiro atoms. The lowest BCUT2D eigenvalue weighted by molar-refractivity contribution is -0.244. The number of hydrogen-bond donors (Lipinski definition) is 2. The molecule has 1 heterocycles. The smallest absolute Gasteiger partial charge is 0.323 e. The lowest BCUT2D eigenvalue weighted by Gasteiger charge is -2.32. The van der Waals surface area contributed by atoms with E-state index in [0.29, 0.717) is 0 Å². The van der Waals surface area contributed by atoms with Gasteiger partial charge in [0.15, 0.2) is 0 Å². The monoisotopic (exact) mass is 247 g/mol. The van der Waals surface area contributed by atoms with E-state index in [1.54, 1.807) is 20.8 Å². The Morgan fingerprint density at radius 2 is 2.06 bits per heavy atom. The molecule has 0 aliphatic carbocycles. The van der Waals surface area contributed by atoms with Gasteiger partial charge in [0.1, 0.15) is 6.04 Å². The van der Waals surface area contributed by atoms with Crippen LogP contribution in [0.15, 0.2) is 0 Å². The van der Waals surface area contributed by atoms with Crippen LogP contribution in [0.25, 0.3) is 0 Å². The average Bonchev–Trinajstić information content (AvgIpc) is 2.56. The molecule has 17 heavy (non-hydrogen) atoms. The first-order valence-corrected chi connectivity index (χ1v) is 5.62. The van der Waals surface area contributed by atoms with E-state index in [1.165, 1.54) is 12.0 Å². The zero-order chi connectivity index (χ0) is 13.2. The minimum absolute atomic E-state index is 0.191. The third kappa shape index (κ3) is 3.92. The van der Waals surface area contributed by atoms with E-state index in [4.69, 9.17) is 4.74 Å². The zero-order valence-electron chi connectivity index (χ0n) is 10.7. The SMILES string of the molecule is COC(=O)[C@@H]1C[C@@H](O)CN1C(O)OC(C)(C)C. The first kappa shape index (κ1) is 14.4. The topological polar surface area (TPSA) is 79.2 Å². The molecule has 1 unspecified atom stereocenters. The standard InChI is InChI=1S/C11H21NO5/c1-11(2,3)17-10(15)12-6-7(13)5-8(12)9(14)16-4/h7-8,10,13,15H,5-6H2,1-4H3/t7-,8+,10?/m1/s1. The Bertz CT molecular complexity index is 276. The molecule has 0 bridgehead atoms. The van der Waals surface area contributed by atoms with Gasteiger partial charge in [-0.2, -0.15) is 0 Å². The molecule has 100 valence electrons. The third-order valence-corrected chi connectivity index (χ3v) is 2.53. The van der Waals surface area contributed by atoms with Crippen molar-refractivity contribution in [3.63, 3.8) is 0 Å². The van der Waals surface area contributed by atoms with E-state index in [0.717, 1.165) is 0 Å². The van der Waals surface area contributed by atoms with Crippen molar-refractivity contribution in [3.05, 3.63) is 0 Å². The van der Waals surface area contributed by atoms with Gasteiger partial charge in [-0.25, -0.2) is 4.90 Å². The van der Waals surface area contributed by atoms with Crippen LogP contribution in [0.2, 0.25) is 0 Å². The highest BCUT2D eigenvalue weighted by atomic mass is 16.6. The minimum Gasteiger partial charge on any atom is -0.468 e. The fraction of sp³-hybridized carbons (Fsp3) is 0.909. The second-order valence-corrected chi connectivity index (χ2v) is 5.18. The number of carbonyl (C=O) groups excluding carboxylic acids is 1. The Morgan fingerprint density at radius 1 is 1.47 bits per heavy atom. The largest absolute Gasteiger partial charge is 0.468 e. The van der Waals surface area contributed by atoms with Gasteiger partial charge in [0.25, 0.3) is 0 Å². The quantitative estimate of drug-likeness (QED) is 0.526. The Balaban J connectivity index is 2.70. The van der Waals surface area contributed by atoms with E-state index < -0.39 is 30.1 Å². The van der Waals surface area contributed by atoms with Crippen LogP contribution in [0.1, 0.15) is 27.2 Å². The van der Waals surface area contributed by atoms with Crippen molar-refractivity contribution >= 4 is 5.97 Å². The normalized spacial score (nSPS) is 28.1. The molecule has 0 aromatic rings. The number of nitrogens with zero attached hydrogens (tertiary/aromatic N) is 1. The summed E-state index contributed by atoms with van der Waals surface area (Å²) in [4.78, 5) is 12.9. The Labute approximate surface area is 101 Å². The highest BCUT2D eigenvalue weighted by molar-refractivity contribution is 5.76. The first-order valence-electron chi connectivity index (χ1n) is 5.62. The summed E-state index contributed by atoms with van der Waals surface area (Å²) in [5.41, 5.74) is -0.534. The van der Waals surface area contributed by atoms with E-state index in [2.05, 4.69) is 4.74 Å². The molecule has 0 radical (unpaired) electrons. The molecule has 1 rings (SSSR count). The number of aliphatic hydroxyl groups excluding tert-OH is 2. The van der Waals surface area contributed by atoms with E-state index in [9.17, 15) is 15.0 Å². The molecule has 1 aliphatic rings. The van der Waals surface area contributed by atoms with Gasteiger partial charge in [-0.1, -0.05) is 0 Å². The van der Waals surface area contributed by atoms with Crippen LogP contribution in [0.3, 0.4) is 0 Å². The van der Waals surface area contributed by atoms with Gasteiger partial charge in [0.2, 0.25) is 6.41 Å². The molecule has 0 aromatic carbocycles. The molecular weight excluding hydrogens is 226 g/mol. The number of ether oxygens (including phenoxy) is 2. The second-order valence-electron chi connectivity index (χ2n) is 5.18. The van der Waals surface area contributed by atoms with Gasteiger partial charge in [0.05, 0.1) is 18.8 Å². The third-order valence-electron chi connectivity index (χ3n) is 2.53. The number of hydrogen-bond acceptors (Lipinski definition) is 6. The fourth-order valence-electron chi connectivity index (χ4n) is 1.83. The predicted octanol–water partition coefficient (Wildman–Crippen LogP) is -0.314. The fourth-order valence-corrected chi connectivity index (χ4v) is 1.83. The molecule has 6 heteroatoms. The maximum absolute atomic E-state index is 11.5. The number of rotatable bonds is 3. The van der Waals surface area contributed by atoms with Gasteiger partial charge in [0, 0.05) is 13.0 Å². The number of likely N-dealkylation sites (tertiary alicyclic amines) is 1. The molecule has 6 nitrogen and oxygen atoms in total. The van der Waals surface area contributed by atoms with Gasteiger partial charge < -0.3 is 19.7 Å². The summed E-state index contributed by atoms with van der Waals surface area (Å²) in [5, 5.41) is 19.4. The summed E-state index contributed by atoms with van der Waals surface area (Å²) >= 11 is 0. The number of β-amino-alcohol motifs (C(OH)–C–C–N with tert-alkyl or cyclic N) is 1. The summed E-state index contributed by atoms with van der Waals surface area (Å²) in [6.07, 6.45) is -1.63. The maximum atomic E-state index is 11.5. The van der Waals surface area contributed by atoms with Gasteiger partial charge in [-0.05, 0) is 20.8 Å². The molecule has 2 N–H and O–H groups in total. The van der Waals surface area contributed by atoms with Gasteiger partial charge in [-0.3, -0.25) is 4.79 Å². The summed E-state index contributed by atoms with van der Waals surface area (Å²) in [6, 6.07) is -0.660. The lowest BCUT2D eigenvalue weighted by Crippen LogP contribution is -2.47. The Kier molecular flexibility index (Phi) is 4.48. The van der Waals surface area contributed by atoms with Crippen LogP contribution in [-0.4, -0.2) is 58.9 Å². The summed E-state index contributed by atoms with van der Waals surface area (Å²) in [5.74, 6) is -0.474. The lowest BCUT2D eigenvalue weighted by atomic mass is 10.2. The van der Waals surface area contributed by atoms with Crippen LogP contribution >= 0.6 is 0 Å². The average molecular weight is 247 g/mol. The number of esters is 1. The maximum Gasteiger partial charge on any atom is 0.323 e. The number of aliphatic hydroxyl groups is 2. The minimum atomic E-state index is -1.23. The second kappa shape index (κ2) is 5.30. The highest BCUT2D eigenvalue weighted by Gasteiger charge is 2.41. The van der Waals surface area contributed by atoms with Crippen molar-refractivity contribution < 1.29 is 24.5 Å². The molecular formula is C11H21NO5. The van der Waals surface area contributed by atoms with Crippen LogP contribution in [-0.2, 0) is 14.3 Å². The highest BCUT2D eigenvalue weighted by Crippen LogP contribution is 2.23. The van der Waals surface area contributed by atoms with Crippen molar-refractivity contribution in [3.8, 4) is 0 Å². The van der Waals surface area contributed by atoms with Crippen molar-refractivity contribution in [2.45, 2.75) is 51.4 Å². The molecule has 1 aliphatic heterocycles. The first-order chi connectivity index (χ1) is 7.74. The molecule has 3 atom stereocenters. The van der Waals surface area contributed by atoms with Crippen molar-refractivity contribution in [1.29, 1.82) is 0 Å². The summed E-state index contributed by atoms with van der Waals surface area (Å²) in [7, 11) is 1.28. The summed E-state index contributed by atoms with van der Waals surface area (Å²) < 4.78 is 9.99. The molecule has 1 saturated heterocycles. The van der Waals surface area contributed by atoms with Crippen LogP contribution < -0.4 is 0 Å². The van der Waals surface area contributed by atoms with Gasteiger partial charge >= 0.3 is 5.97 Å². The van der Waals surface area contributed by atoms with Crippen molar-refractivity contribution in [1.82, 2.24) is 4.90 Å². The molecule has 0 saturated carbocycles. The van der Waals surface area contributed by atoms with Gasteiger partial charge in [-0.15, -0.1) is 0 Å². The van der Waals surface area contributed by atoms with E-state index in [-0.39, 0.29) is 13.0 Å². The predicted molar refractivity (Wildman–Crippen MR) is 60.0 cm³/mol. The molecule has 1 fully saturated rings. The number of methoxy groups -OCH3 is 1. The zero-order valence-corrected chi connectivity index (χ0v) is 10.7. The number of carbonyl (C=O) groups is 1. The van der Waals surface area contributed by atoms with E-state index in [1.807, 2.05) is 0 Å². The Hall–Kier alpha value is -0.690. The van der Waals surface area contributed by atoms with Crippen molar-refractivity contribution in [2.24, 2.45) is 0 Å². The van der Waals surface area contributed by atoms with Crippen molar-refractivity contribution in [2.75, 3.05) is 13.7 Å². The molecule has 0 aromatic heterocycles. The Morgan fingerprint density at radius 3 is 2.53 bits per heavy atom. The summed E-state index contributed by atoms with van der Waals surface area (Å²) in [6.45, 7) is 5.60. The molecule has 0 amide bonds. The van der Waals surface area contributed by atoms with Crippen LogP contribution in [0.5, 0.6) is 0 Å². The van der Waals surface area contributed by atoms with Crippen LogP contribution in [0.4, 0.5) is 0 Å². The van der Waals surface area contributed by atoms with E-state index >= 15 is 0 Å². The van der Waals surface area contributed by atoms with Crippen LogP contribution in [0, 0.1) is 0 Å².